The third-order valence-electron chi connectivity index (χ3n) is 9.86. The number of fused-ring (bicyclic) bond motifs is 12. The van der Waals surface area contributed by atoms with Gasteiger partial charge in [-0.25, -0.2) is 0 Å². The van der Waals surface area contributed by atoms with E-state index in [0.29, 0.717) is 0 Å². The minimum Gasteiger partial charge on any atom is -0.456 e. The lowest BCUT2D eigenvalue weighted by atomic mass is 9.85. The predicted octanol–water partition coefficient (Wildman–Crippen LogP) is 14.0. The van der Waals surface area contributed by atoms with E-state index in [9.17, 15) is 0 Å². The molecule has 0 aliphatic heterocycles. The molecule has 3 heteroatoms. The topological polar surface area (TPSA) is 13.1 Å². The number of rotatable bonds is 2. The Morgan fingerprint density at radius 2 is 0.894 bits per heavy atom. The number of hydrogen-bond donors (Lipinski definition) is 0. The molecule has 11 aromatic rings. The summed E-state index contributed by atoms with van der Waals surface area (Å²) < 4.78 is 11.6. The molecule has 0 saturated heterocycles. The summed E-state index contributed by atoms with van der Waals surface area (Å²) in [4.78, 5) is 0. The fourth-order valence-electron chi connectivity index (χ4n) is 7.86. The maximum Gasteiger partial charge on any atom is 0.135 e. The van der Waals surface area contributed by atoms with Crippen LogP contribution >= 0.6 is 22.7 Å². The molecule has 3 heterocycles. The zero-order valence-corrected chi connectivity index (χ0v) is 26.7. The normalized spacial score (nSPS) is 12.3. The van der Waals surface area contributed by atoms with E-state index in [4.69, 9.17) is 4.42 Å². The molecule has 0 radical (unpaired) electrons. The molecule has 47 heavy (non-hydrogen) atoms. The third kappa shape index (κ3) is 3.53. The Morgan fingerprint density at radius 3 is 1.62 bits per heavy atom. The summed E-state index contributed by atoms with van der Waals surface area (Å²) in [5, 5.41) is 12.8. The molecular weight excluding hydrogens is 609 g/mol. The molecule has 3 aromatic heterocycles. The van der Waals surface area contributed by atoms with Crippen LogP contribution in [0.4, 0.5) is 0 Å². The zero-order valence-electron chi connectivity index (χ0n) is 25.1. The first kappa shape index (κ1) is 25.7. The van der Waals surface area contributed by atoms with Gasteiger partial charge in [0.1, 0.15) is 11.2 Å². The summed E-state index contributed by atoms with van der Waals surface area (Å²) in [6, 6.07) is 53.3. The molecule has 0 spiro atoms. The summed E-state index contributed by atoms with van der Waals surface area (Å²) in [6.45, 7) is 0. The van der Waals surface area contributed by atoms with Crippen LogP contribution in [0.1, 0.15) is 0 Å². The van der Waals surface area contributed by atoms with Gasteiger partial charge in [-0.2, -0.15) is 0 Å². The molecule has 0 atom stereocenters. The molecule has 0 fully saturated rings. The highest BCUT2D eigenvalue weighted by Crippen LogP contribution is 2.52. The second-order valence-electron chi connectivity index (χ2n) is 12.4. The van der Waals surface area contributed by atoms with Gasteiger partial charge in [-0.1, -0.05) is 109 Å². The molecule has 11 rings (SSSR count). The molecule has 0 aliphatic carbocycles. The summed E-state index contributed by atoms with van der Waals surface area (Å²) in [5.74, 6) is 0. The standard InChI is InChI=1S/C44H24OS2/c1-3-15-30-28(13-1)40(25-21-22-37-33(23-25)26-11-5-8-18-36(26)45-37)29-14-2-4-16-31(29)41(30)35-24-34-27-12-6-9-19-38(27)46-43(34)42-32-17-7-10-20-39(32)47-44(35)42/h1-24H. The zero-order chi connectivity index (χ0) is 30.6. The van der Waals surface area contributed by atoms with Crippen LogP contribution in [0.2, 0.25) is 0 Å². The van der Waals surface area contributed by atoms with Gasteiger partial charge < -0.3 is 4.42 Å². The van der Waals surface area contributed by atoms with E-state index < -0.39 is 0 Å². The van der Waals surface area contributed by atoms with Gasteiger partial charge in [-0.05, 0) is 74.6 Å². The van der Waals surface area contributed by atoms with Crippen molar-refractivity contribution in [1.29, 1.82) is 0 Å². The molecule has 8 aromatic carbocycles. The van der Waals surface area contributed by atoms with Crippen molar-refractivity contribution >= 4 is 107 Å². The van der Waals surface area contributed by atoms with Crippen molar-refractivity contribution in [2.24, 2.45) is 0 Å². The molecule has 0 bridgehead atoms. The third-order valence-corrected chi connectivity index (χ3v) is 12.3. The Hall–Kier alpha value is -5.48. The molecule has 218 valence electrons. The monoisotopic (exact) mass is 632 g/mol. The average molecular weight is 633 g/mol. The van der Waals surface area contributed by atoms with Gasteiger partial charge >= 0.3 is 0 Å². The van der Waals surface area contributed by atoms with Crippen molar-refractivity contribution < 1.29 is 4.42 Å². The number of para-hydroxylation sites is 1. The first-order chi connectivity index (χ1) is 23.3. The van der Waals surface area contributed by atoms with Gasteiger partial charge in [-0.3, -0.25) is 0 Å². The van der Waals surface area contributed by atoms with E-state index in [2.05, 4.69) is 140 Å². The Balaban J connectivity index is 1.31. The van der Waals surface area contributed by atoms with Crippen molar-refractivity contribution in [2.75, 3.05) is 0 Å². The van der Waals surface area contributed by atoms with Crippen LogP contribution in [-0.2, 0) is 0 Å². The van der Waals surface area contributed by atoms with Gasteiger partial charge in [-0.15, -0.1) is 22.7 Å². The lowest BCUT2D eigenvalue weighted by molar-refractivity contribution is 0.669. The molecule has 0 N–H and O–H groups in total. The quantitative estimate of drug-likeness (QED) is 0.173. The van der Waals surface area contributed by atoms with Crippen molar-refractivity contribution in [3.63, 3.8) is 0 Å². The highest BCUT2D eigenvalue weighted by atomic mass is 32.1. The van der Waals surface area contributed by atoms with E-state index >= 15 is 0 Å². The number of benzene rings is 8. The molecule has 0 aliphatic rings. The summed E-state index contributed by atoms with van der Waals surface area (Å²) in [7, 11) is 0. The van der Waals surface area contributed by atoms with Crippen LogP contribution in [0.25, 0.3) is 106 Å². The summed E-state index contributed by atoms with van der Waals surface area (Å²) in [5.41, 5.74) is 6.93. The minimum absolute atomic E-state index is 0.920. The molecule has 1 nitrogen and oxygen atoms in total. The first-order valence-electron chi connectivity index (χ1n) is 15.9. The number of thiophene rings is 2. The molecular formula is C44H24OS2. The Bertz CT molecular complexity index is 3020. The molecule has 0 amide bonds. The van der Waals surface area contributed by atoms with Gasteiger partial charge in [0.15, 0.2) is 0 Å². The van der Waals surface area contributed by atoms with Crippen molar-refractivity contribution in [2.45, 2.75) is 0 Å². The maximum atomic E-state index is 6.22. The fraction of sp³-hybridized carbons (Fsp3) is 0. The van der Waals surface area contributed by atoms with E-state index in [1.54, 1.807) is 0 Å². The van der Waals surface area contributed by atoms with Gasteiger partial charge in [0, 0.05) is 56.7 Å². The van der Waals surface area contributed by atoms with Crippen molar-refractivity contribution in [1.82, 2.24) is 0 Å². The first-order valence-corrected chi connectivity index (χ1v) is 17.6. The predicted molar refractivity (Wildman–Crippen MR) is 205 cm³/mol. The Morgan fingerprint density at radius 1 is 0.362 bits per heavy atom. The van der Waals surface area contributed by atoms with E-state index in [-0.39, 0.29) is 0 Å². The van der Waals surface area contributed by atoms with Crippen molar-refractivity contribution in [3.8, 4) is 22.3 Å². The average Bonchev–Trinajstić information content (AvgIpc) is 3.81. The van der Waals surface area contributed by atoms with Crippen molar-refractivity contribution in [3.05, 3.63) is 146 Å². The van der Waals surface area contributed by atoms with Crippen LogP contribution in [0.15, 0.2) is 150 Å². The van der Waals surface area contributed by atoms with Crippen LogP contribution < -0.4 is 0 Å². The van der Waals surface area contributed by atoms with Gasteiger partial charge in [0.25, 0.3) is 0 Å². The second-order valence-corrected chi connectivity index (χ2v) is 14.5. The minimum atomic E-state index is 0.920. The van der Waals surface area contributed by atoms with Crippen LogP contribution in [-0.4, -0.2) is 0 Å². The van der Waals surface area contributed by atoms with Gasteiger partial charge in [0.2, 0.25) is 0 Å². The SMILES string of the molecule is c1ccc2c(c1)oc1ccc(-c3c4ccccc4c(-c4cc5c6ccccc6sc5c5c4sc4ccccc45)c4ccccc34)cc12. The van der Waals surface area contributed by atoms with E-state index in [0.717, 1.165) is 21.9 Å². The number of furan rings is 1. The number of hydrogen-bond acceptors (Lipinski definition) is 3. The second kappa shape index (κ2) is 9.52. The molecule has 0 saturated carbocycles. The van der Waals surface area contributed by atoms with E-state index in [1.165, 1.54) is 84.1 Å². The highest BCUT2D eigenvalue weighted by molar-refractivity contribution is 7.30. The summed E-state index contributed by atoms with van der Waals surface area (Å²) in [6.07, 6.45) is 0. The maximum absolute atomic E-state index is 6.22. The van der Waals surface area contributed by atoms with Crippen LogP contribution in [0, 0.1) is 0 Å². The fourth-order valence-corrected chi connectivity index (χ4v) is 10.4. The van der Waals surface area contributed by atoms with Crippen LogP contribution in [0.3, 0.4) is 0 Å². The Labute approximate surface area is 277 Å². The lowest BCUT2D eigenvalue weighted by Gasteiger charge is -2.18. The van der Waals surface area contributed by atoms with Crippen LogP contribution in [0.5, 0.6) is 0 Å². The lowest BCUT2D eigenvalue weighted by Crippen LogP contribution is -1.91. The smallest absolute Gasteiger partial charge is 0.135 e. The van der Waals surface area contributed by atoms with E-state index in [1.807, 2.05) is 28.7 Å². The Kier molecular flexibility index (Phi) is 5.20. The molecule has 0 unspecified atom stereocenters. The summed E-state index contributed by atoms with van der Waals surface area (Å²) >= 11 is 3.85. The highest BCUT2D eigenvalue weighted by Gasteiger charge is 2.23. The largest absolute Gasteiger partial charge is 0.456 e. The van der Waals surface area contributed by atoms with Gasteiger partial charge in [0.05, 0.1) is 0 Å².